The van der Waals surface area contributed by atoms with E-state index in [2.05, 4.69) is 27.0 Å². The van der Waals surface area contributed by atoms with Crippen molar-refractivity contribution in [3.63, 3.8) is 0 Å². The lowest BCUT2D eigenvalue weighted by Crippen LogP contribution is -1.98. The number of rotatable bonds is 1. The second kappa shape index (κ2) is 4.38. The van der Waals surface area contributed by atoms with E-state index >= 15 is 0 Å². The Morgan fingerprint density at radius 2 is 2.33 bits per heavy atom. The summed E-state index contributed by atoms with van der Waals surface area (Å²) in [6.07, 6.45) is 1.97. The molecule has 0 spiro atoms. The fraction of sp³-hybridized carbons (Fsp3) is 0.231. The van der Waals surface area contributed by atoms with Crippen molar-refractivity contribution in [2.24, 2.45) is 0 Å². The monoisotopic (exact) mass is 319 g/mol. The normalized spacial score (nSPS) is 17.4. The number of halogens is 1. The summed E-state index contributed by atoms with van der Waals surface area (Å²) in [5, 5.41) is 9.87. The van der Waals surface area contributed by atoms with Crippen LogP contribution in [0.3, 0.4) is 0 Å². The molecule has 90 valence electrons. The fourth-order valence-electron chi connectivity index (χ4n) is 2.47. The van der Waals surface area contributed by atoms with Crippen LogP contribution in [0.4, 0.5) is 5.13 Å². The zero-order valence-corrected chi connectivity index (χ0v) is 11.9. The number of anilines is 1. The molecule has 5 heteroatoms. The van der Waals surface area contributed by atoms with Gasteiger partial charge in [-0.2, -0.15) is 5.26 Å². The molecule has 1 aliphatic rings. The molecule has 3 nitrogen and oxygen atoms in total. The Morgan fingerprint density at radius 1 is 1.50 bits per heavy atom. The minimum absolute atomic E-state index is 0.276. The molecule has 3 rings (SSSR count). The van der Waals surface area contributed by atoms with Gasteiger partial charge in [-0.15, -0.1) is 11.3 Å². The molecular formula is C13H10BrN3S. The van der Waals surface area contributed by atoms with Gasteiger partial charge in [0.2, 0.25) is 0 Å². The highest BCUT2D eigenvalue weighted by molar-refractivity contribution is 9.10. The molecule has 2 aromatic rings. The lowest BCUT2D eigenvalue weighted by Gasteiger charge is -2.12. The number of aryl methyl sites for hydroxylation is 1. The summed E-state index contributed by atoms with van der Waals surface area (Å²) < 4.78 is 0.935. The molecule has 1 atom stereocenters. The van der Waals surface area contributed by atoms with Crippen molar-refractivity contribution in [2.45, 2.75) is 18.8 Å². The predicted octanol–water partition coefficient (Wildman–Crippen LogP) is 3.44. The number of thiazole rings is 1. The highest BCUT2D eigenvalue weighted by atomic mass is 79.9. The van der Waals surface area contributed by atoms with Crippen LogP contribution in [-0.2, 0) is 6.42 Å². The second-order valence-corrected chi connectivity index (χ2v) is 6.28. The van der Waals surface area contributed by atoms with Crippen LogP contribution in [0.15, 0.2) is 22.7 Å². The summed E-state index contributed by atoms with van der Waals surface area (Å²) in [6.45, 7) is 0. The first-order valence-electron chi connectivity index (χ1n) is 5.63. The molecule has 0 saturated carbocycles. The third-order valence-electron chi connectivity index (χ3n) is 3.24. The van der Waals surface area contributed by atoms with Crippen molar-refractivity contribution in [3.05, 3.63) is 44.4 Å². The Hall–Kier alpha value is -1.38. The van der Waals surface area contributed by atoms with E-state index in [1.807, 2.05) is 18.2 Å². The van der Waals surface area contributed by atoms with Crippen LogP contribution in [0, 0.1) is 11.3 Å². The van der Waals surface area contributed by atoms with E-state index in [0.29, 0.717) is 5.13 Å². The highest BCUT2D eigenvalue weighted by Crippen LogP contribution is 2.43. The first kappa shape index (κ1) is 11.7. The first-order valence-corrected chi connectivity index (χ1v) is 7.24. The maximum Gasteiger partial charge on any atom is 0.180 e. The van der Waals surface area contributed by atoms with Gasteiger partial charge in [0.15, 0.2) is 5.13 Å². The van der Waals surface area contributed by atoms with Crippen LogP contribution in [0.1, 0.15) is 34.0 Å². The van der Waals surface area contributed by atoms with E-state index in [9.17, 15) is 5.26 Å². The minimum Gasteiger partial charge on any atom is -0.375 e. The van der Waals surface area contributed by atoms with Gasteiger partial charge in [0, 0.05) is 15.3 Å². The van der Waals surface area contributed by atoms with Crippen molar-refractivity contribution >= 4 is 32.4 Å². The average Bonchev–Trinajstić information content (AvgIpc) is 2.88. The standard InChI is InChI=1S/C13H10BrN3S/c14-8-1-2-9(7(5-8)6-15)10-3-4-11-12(10)18-13(16)17-11/h1-2,5,10H,3-4H2,(H2,16,17). The van der Waals surface area contributed by atoms with Gasteiger partial charge < -0.3 is 5.73 Å². The summed E-state index contributed by atoms with van der Waals surface area (Å²) in [7, 11) is 0. The van der Waals surface area contributed by atoms with Crippen LogP contribution >= 0.6 is 27.3 Å². The van der Waals surface area contributed by atoms with E-state index in [-0.39, 0.29) is 5.92 Å². The van der Waals surface area contributed by atoms with Crippen molar-refractivity contribution < 1.29 is 0 Å². The Labute approximate surface area is 117 Å². The Kier molecular flexibility index (Phi) is 2.84. The number of nitrogen functional groups attached to an aromatic ring is 1. The van der Waals surface area contributed by atoms with Crippen molar-refractivity contribution in [1.29, 1.82) is 5.26 Å². The topological polar surface area (TPSA) is 62.7 Å². The largest absolute Gasteiger partial charge is 0.375 e. The van der Waals surface area contributed by atoms with E-state index in [1.165, 1.54) is 4.88 Å². The molecule has 1 aromatic carbocycles. The van der Waals surface area contributed by atoms with Crippen molar-refractivity contribution in [1.82, 2.24) is 4.98 Å². The molecule has 1 heterocycles. The predicted molar refractivity (Wildman–Crippen MR) is 75.5 cm³/mol. The van der Waals surface area contributed by atoms with Crippen molar-refractivity contribution in [2.75, 3.05) is 5.73 Å². The maximum atomic E-state index is 9.25. The quantitative estimate of drug-likeness (QED) is 0.875. The molecule has 1 aromatic heterocycles. The summed E-state index contributed by atoms with van der Waals surface area (Å²) >= 11 is 4.95. The Balaban J connectivity index is 2.10. The average molecular weight is 320 g/mol. The maximum absolute atomic E-state index is 9.25. The van der Waals surface area contributed by atoms with Crippen LogP contribution in [0.2, 0.25) is 0 Å². The van der Waals surface area contributed by atoms with Crippen LogP contribution in [0.5, 0.6) is 0 Å². The van der Waals surface area contributed by atoms with E-state index in [0.717, 1.165) is 34.1 Å². The number of benzene rings is 1. The van der Waals surface area contributed by atoms with E-state index in [1.54, 1.807) is 11.3 Å². The summed E-state index contributed by atoms with van der Waals surface area (Å²) in [6, 6.07) is 8.16. The SMILES string of the molecule is N#Cc1cc(Br)ccc1C1CCc2nc(N)sc21. The second-order valence-electron chi connectivity index (χ2n) is 4.30. The van der Waals surface area contributed by atoms with Crippen LogP contribution < -0.4 is 5.73 Å². The highest BCUT2D eigenvalue weighted by Gasteiger charge is 2.29. The van der Waals surface area contributed by atoms with Gasteiger partial charge in [-0.3, -0.25) is 0 Å². The van der Waals surface area contributed by atoms with E-state index < -0.39 is 0 Å². The first-order chi connectivity index (χ1) is 8.69. The summed E-state index contributed by atoms with van der Waals surface area (Å²) in [5.41, 5.74) is 8.68. The van der Waals surface area contributed by atoms with Gasteiger partial charge in [-0.25, -0.2) is 4.98 Å². The van der Waals surface area contributed by atoms with Gasteiger partial charge >= 0.3 is 0 Å². The van der Waals surface area contributed by atoms with Gasteiger partial charge in [0.05, 0.1) is 17.3 Å². The molecule has 0 saturated heterocycles. The zero-order valence-electron chi connectivity index (χ0n) is 9.48. The van der Waals surface area contributed by atoms with Crippen LogP contribution in [-0.4, -0.2) is 4.98 Å². The van der Waals surface area contributed by atoms with Gasteiger partial charge in [-0.1, -0.05) is 22.0 Å². The smallest absolute Gasteiger partial charge is 0.180 e. The number of hydrogen-bond acceptors (Lipinski definition) is 4. The van der Waals surface area contributed by atoms with Gasteiger partial charge in [0.25, 0.3) is 0 Å². The molecule has 0 radical (unpaired) electrons. The lowest BCUT2D eigenvalue weighted by atomic mass is 9.94. The molecule has 18 heavy (non-hydrogen) atoms. The number of nitrogens with two attached hydrogens (primary N) is 1. The summed E-state index contributed by atoms with van der Waals surface area (Å²) in [5.74, 6) is 0.276. The van der Waals surface area contributed by atoms with Gasteiger partial charge in [-0.05, 0) is 30.5 Å². The fourth-order valence-corrected chi connectivity index (χ4v) is 3.87. The molecule has 0 amide bonds. The van der Waals surface area contributed by atoms with Gasteiger partial charge in [0.1, 0.15) is 0 Å². The third kappa shape index (κ3) is 1.82. The van der Waals surface area contributed by atoms with Crippen LogP contribution in [0.25, 0.3) is 0 Å². The zero-order chi connectivity index (χ0) is 12.7. The number of hydrogen-bond donors (Lipinski definition) is 1. The number of fused-ring (bicyclic) bond motifs is 1. The molecule has 0 aliphatic heterocycles. The molecule has 0 fully saturated rings. The summed E-state index contributed by atoms with van der Waals surface area (Å²) in [4.78, 5) is 5.57. The lowest BCUT2D eigenvalue weighted by molar-refractivity contribution is 0.788. The Morgan fingerprint density at radius 3 is 3.11 bits per heavy atom. The van der Waals surface area contributed by atoms with Crippen molar-refractivity contribution in [3.8, 4) is 6.07 Å². The molecule has 0 bridgehead atoms. The number of aromatic nitrogens is 1. The molecule has 1 unspecified atom stereocenters. The molecule has 2 N–H and O–H groups in total. The number of nitrogens with zero attached hydrogens (tertiary/aromatic N) is 2. The molecule has 1 aliphatic carbocycles. The number of nitriles is 1. The van der Waals surface area contributed by atoms with E-state index in [4.69, 9.17) is 5.73 Å². The molecular weight excluding hydrogens is 310 g/mol. The minimum atomic E-state index is 0.276. The Bertz CT molecular complexity index is 657. The third-order valence-corrected chi connectivity index (χ3v) is 4.78.